The lowest BCUT2D eigenvalue weighted by Gasteiger charge is -2.20. The minimum atomic E-state index is -1.37. The molecular formula is C31H52O5. The quantitative estimate of drug-likeness (QED) is 0.114. The zero-order valence-corrected chi connectivity index (χ0v) is 22.8. The molecule has 0 fully saturated rings. The molecular weight excluding hydrogens is 452 g/mol. The number of unbranched alkanes of at least 4 members (excludes halogenated alkanes) is 14. The zero-order chi connectivity index (χ0) is 26.3. The van der Waals surface area contributed by atoms with Crippen LogP contribution in [-0.2, 0) is 20.9 Å². The van der Waals surface area contributed by atoms with Crippen LogP contribution in [0.2, 0.25) is 0 Å². The van der Waals surface area contributed by atoms with Gasteiger partial charge in [-0.2, -0.15) is 0 Å². The van der Waals surface area contributed by atoms with Gasteiger partial charge in [0, 0.05) is 13.0 Å². The molecule has 0 saturated carbocycles. The maximum Gasteiger partial charge on any atom is 0.312 e. The zero-order valence-electron chi connectivity index (χ0n) is 22.8. The third-order valence-corrected chi connectivity index (χ3v) is 6.94. The van der Waals surface area contributed by atoms with E-state index in [1.54, 1.807) is 0 Å². The van der Waals surface area contributed by atoms with Crippen LogP contribution in [0.4, 0.5) is 0 Å². The minimum Gasteiger partial charge on any atom is -0.461 e. The Balaban J connectivity index is 2.14. The molecule has 5 heteroatoms. The molecule has 0 heterocycles. The second-order valence-corrected chi connectivity index (χ2v) is 10.2. The first kappa shape index (κ1) is 32.3. The number of aliphatic hydroxyl groups is 2. The average Bonchev–Trinajstić information content (AvgIpc) is 2.90. The first-order valence-electron chi connectivity index (χ1n) is 14.6. The van der Waals surface area contributed by atoms with E-state index in [9.17, 15) is 14.7 Å². The van der Waals surface area contributed by atoms with Gasteiger partial charge in [0.25, 0.3) is 0 Å². The first-order valence-corrected chi connectivity index (χ1v) is 14.6. The van der Waals surface area contributed by atoms with E-state index in [2.05, 4.69) is 6.92 Å². The number of hydrogen-bond donors (Lipinski definition) is 2. The number of ketones is 1. The van der Waals surface area contributed by atoms with Crippen molar-refractivity contribution in [3.63, 3.8) is 0 Å². The highest BCUT2D eigenvalue weighted by Gasteiger charge is 2.32. The van der Waals surface area contributed by atoms with Gasteiger partial charge in [-0.15, -0.1) is 0 Å². The van der Waals surface area contributed by atoms with Crippen LogP contribution >= 0.6 is 0 Å². The van der Waals surface area contributed by atoms with E-state index in [1.165, 1.54) is 77.0 Å². The molecule has 0 saturated heterocycles. The molecule has 0 spiro atoms. The van der Waals surface area contributed by atoms with Gasteiger partial charge in [0.15, 0.2) is 5.78 Å². The van der Waals surface area contributed by atoms with Crippen LogP contribution in [0.1, 0.15) is 128 Å². The second kappa shape index (κ2) is 22.5. The average molecular weight is 505 g/mol. The molecule has 0 aliphatic rings. The summed E-state index contributed by atoms with van der Waals surface area (Å²) < 4.78 is 5.36. The lowest BCUT2D eigenvalue weighted by atomic mass is 9.91. The van der Waals surface area contributed by atoms with Crippen LogP contribution in [0.3, 0.4) is 0 Å². The van der Waals surface area contributed by atoms with Gasteiger partial charge < -0.3 is 14.9 Å². The number of hydrogen-bond acceptors (Lipinski definition) is 5. The molecule has 0 radical (unpaired) electrons. The number of esters is 1. The molecule has 0 aromatic heterocycles. The molecule has 2 atom stereocenters. The maximum absolute atomic E-state index is 12.6. The largest absolute Gasteiger partial charge is 0.461 e. The fraction of sp³-hybridized carbons (Fsp3) is 0.742. The smallest absolute Gasteiger partial charge is 0.312 e. The predicted molar refractivity (Wildman–Crippen MR) is 147 cm³/mol. The molecule has 0 bridgehead atoms. The topological polar surface area (TPSA) is 83.8 Å². The predicted octanol–water partition coefficient (Wildman–Crippen LogP) is 7.31. The molecule has 36 heavy (non-hydrogen) atoms. The highest BCUT2D eigenvalue weighted by molar-refractivity contribution is 5.88. The van der Waals surface area contributed by atoms with Crippen LogP contribution in [0.25, 0.3) is 0 Å². The number of carbonyl (C=O) groups is 2. The number of benzene rings is 1. The van der Waals surface area contributed by atoms with Crippen LogP contribution in [-0.4, -0.2) is 34.7 Å². The van der Waals surface area contributed by atoms with Gasteiger partial charge in [0.1, 0.15) is 12.7 Å². The number of Topliss-reactive ketones (excluding diaryl/α,β-unsaturated/α-hetero) is 1. The Hall–Kier alpha value is -1.72. The molecule has 2 N–H and O–H groups in total. The second-order valence-electron chi connectivity index (χ2n) is 10.2. The van der Waals surface area contributed by atoms with Crippen molar-refractivity contribution in [3.8, 4) is 0 Å². The van der Waals surface area contributed by atoms with Gasteiger partial charge >= 0.3 is 5.97 Å². The molecule has 2 unspecified atom stereocenters. The summed E-state index contributed by atoms with van der Waals surface area (Å²) in [6.07, 6.45) is 18.4. The Morgan fingerprint density at radius 1 is 0.750 bits per heavy atom. The highest BCUT2D eigenvalue weighted by atomic mass is 16.5. The monoisotopic (exact) mass is 504 g/mol. The number of rotatable bonds is 24. The Kier molecular flexibility index (Phi) is 20.2. The van der Waals surface area contributed by atoms with E-state index in [0.29, 0.717) is 6.42 Å². The summed E-state index contributed by atoms with van der Waals surface area (Å²) in [4.78, 5) is 25.1. The van der Waals surface area contributed by atoms with Gasteiger partial charge in [-0.25, -0.2) is 0 Å². The third-order valence-electron chi connectivity index (χ3n) is 6.94. The Morgan fingerprint density at radius 3 is 1.75 bits per heavy atom. The van der Waals surface area contributed by atoms with E-state index in [1.807, 2.05) is 30.3 Å². The van der Waals surface area contributed by atoms with Crippen LogP contribution in [0.15, 0.2) is 30.3 Å². The van der Waals surface area contributed by atoms with E-state index < -0.39 is 18.0 Å². The molecule has 206 valence electrons. The van der Waals surface area contributed by atoms with Gasteiger partial charge in [-0.3, -0.25) is 9.59 Å². The molecule has 5 nitrogen and oxygen atoms in total. The first-order chi connectivity index (χ1) is 17.6. The van der Waals surface area contributed by atoms with Crippen LogP contribution in [0, 0.1) is 5.92 Å². The summed E-state index contributed by atoms with van der Waals surface area (Å²) in [6.45, 7) is 2.27. The lowest BCUT2D eigenvalue weighted by molar-refractivity contribution is -0.157. The Morgan fingerprint density at radius 2 is 1.25 bits per heavy atom. The molecule has 0 aliphatic heterocycles. The number of aliphatic hydroxyl groups excluding tert-OH is 2. The van der Waals surface area contributed by atoms with E-state index >= 15 is 0 Å². The fourth-order valence-electron chi connectivity index (χ4n) is 4.59. The summed E-state index contributed by atoms with van der Waals surface area (Å²) >= 11 is 0. The summed E-state index contributed by atoms with van der Waals surface area (Å²) in [5, 5.41) is 19.7. The van der Waals surface area contributed by atoms with Gasteiger partial charge in [-0.1, -0.05) is 127 Å². The molecule has 0 aliphatic carbocycles. The fourth-order valence-corrected chi connectivity index (χ4v) is 4.59. The van der Waals surface area contributed by atoms with Gasteiger partial charge in [0.2, 0.25) is 0 Å². The van der Waals surface area contributed by atoms with E-state index in [-0.39, 0.29) is 31.8 Å². The van der Waals surface area contributed by atoms with Gasteiger partial charge in [-0.05, 0) is 24.8 Å². The van der Waals surface area contributed by atoms with E-state index in [0.717, 1.165) is 24.8 Å². The SMILES string of the molecule is CCCCCCCCCCCCCCCCCC(=O)C(O)C(CCCO)C(=O)OCc1ccccc1. The van der Waals surface area contributed by atoms with Crippen LogP contribution < -0.4 is 0 Å². The summed E-state index contributed by atoms with van der Waals surface area (Å²) in [5.41, 5.74) is 0.852. The lowest BCUT2D eigenvalue weighted by Crippen LogP contribution is -2.36. The standard InChI is InChI=1S/C31H52O5/c1-2-3-4-5-6-7-8-9-10-11-12-13-14-15-19-24-29(33)30(34)28(23-20-25-32)31(35)36-26-27-21-17-16-18-22-27/h16-18,21-22,28,30,32,34H,2-15,19-20,23-26H2,1H3. The molecule has 1 aromatic rings. The van der Waals surface area contributed by atoms with Crippen molar-refractivity contribution < 1.29 is 24.5 Å². The number of carbonyl (C=O) groups excluding carboxylic acids is 2. The normalized spacial score (nSPS) is 12.9. The van der Waals surface area contributed by atoms with Crippen molar-refractivity contribution >= 4 is 11.8 Å². The molecule has 1 rings (SSSR count). The maximum atomic E-state index is 12.6. The van der Waals surface area contributed by atoms with Crippen LogP contribution in [0.5, 0.6) is 0 Å². The molecule has 1 aromatic carbocycles. The number of ether oxygens (including phenoxy) is 1. The van der Waals surface area contributed by atoms with Crippen molar-refractivity contribution in [3.05, 3.63) is 35.9 Å². The van der Waals surface area contributed by atoms with Crippen molar-refractivity contribution in [1.29, 1.82) is 0 Å². The summed E-state index contributed by atoms with van der Waals surface area (Å²) in [5.74, 6) is -1.81. The minimum absolute atomic E-state index is 0.0948. The summed E-state index contributed by atoms with van der Waals surface area (Å²) in [7, 11) is 0. The summed E-state index contributed by atoms with van der Waals surface area (Å²) in [6, 6.07) is 9.32. The van der Waals surface area contributed by atoms with Crippen molar-refractivity contribution in [2.24, 2.45) is 5.92 Å². The third kappa shape index (κ3) is 16.1. The Bertz CT molecular complexity index is 660. The van der Waals surface area contributed by atoms with E-state index in [4.69, 9.17) is 9.84 Å². The molecule has 0 amide bonds. The highest BCUT2D eigenvalue weighted by Crippen LogP contribution is 2.19. The Labute approximate surface area is 220 Å². The van der Waals surface area contributed by atoms with Crippen molar-refractivity contribution in [2.75, 3.05) is 6.61 Å². The van der Waals surface area contributed by atoms with Gasteiger partial charge in [0.05, 0.1) is 5.92 Å². The van der Waals surface area contributed by atoms with Crippen molar-refractivity contribution in [1.82, 2.24) is 0 Å². The van der Waals surface area contributed by atoms with Crippen molar-refractivity contribution in [2.45, 2.75) is 135 Å².